The highest BCUT2D eigenvalue weighted by atomic mass is 32.2. The summed E-state index contributed by atoms with van der Waals surface area (Å²) in [5.41, 5.74) is -0.106. The predicted molar refractivity (Wildman–Crippen MR) is 138 cm³/mol. The summed E-state index contributed by atoms with van der Waals surface area (Å²) in [6, 6.07) is 7.16. The van der Waals surface area contributed by atoms with Gasteiger partial charge in [0.15, 0.2) is 0 Å². The Morgan fingerprint density at radius 3 is 2.15 bits per heavy atom. The van der Waals surface area contributed by atoms with Gasteiger partial charge < -0.3 is 30.0 Å². The van der Waals surface area contributed by atoms with Gasteiger partial charge in [0.25, 0.3) is 0 Å². The van der Waals surface area contributed by atoms with E-state index in [0.29, 0.717) is 35.2 Å². The number of rotatable bonds is 10. The zero-order valence-electron chi connectivity index (χ0n) is 20.6. The first-order valence-electron chi connectivity index (χ1n) is 10.7. The van der Waals surface area contributed by atoms with Crippen molar-refractivity contribution in [1.29, 1.82) is 0 Å². The number of aliphatic hydroxyl groups is 1. The maximum atomic E-state index is 12.3. The normalized spacial score (nSPS) is 13.4. The fourth-order valence-electron chi connectivity index (χ4n) is 2.40. The molecule has 0 unspecified atom stereocenters. The molecule has 0 spiro atoms. The Bertz CT molecular complexity index is 786. The van der Waals surface area contributed by atoms with Crippen molar-refractivity contribution in [3.63, 3.8) is 0 Å². The predicted octanol–water partition coefficient (Wildman–Crippen LogP) is 4.50. The second kappa shape index (κ2) is 13.7. The number of aliphatic hydroxyl groups excluding tert-OH is 1. The van der Waals surface area contributed by atoms with E-state index < -0.39 is 29.4 Å². The molecule has 188 valence electrons. The Kier molecular flexibility index (Phi) is 12.1. The molecule has 0 aliphatic carbocycles. The lowest BCUT2D eigenvalue weighted by Crippen LogP contribution is -2.44. The lowest BCUT2D eigenvalue weighted by atomic mass is 10.2. The number of thioether (sulfide) groups is 1. The van der Waals surface area contributed by atoms with E-state index in [1.54, 1.807) is 60.4 Å². The summed E-state index contributed by atoms with van der Waals surface area (Å²) >= 11 is 2.18. The Morgan fingerprint density at radius 2 is 1.61 bits per heavy atom. The number of benzene rings is 1. The lowest BCUT2D eigenvalue weighted by Gasteiger charge is -2.23. The molecule has 10 heteroatoms. The van der Waals surface area contributed by atoms with Gasteiger partial charge in [-0.3, -0.25) is 0 Å². The van der Waals surface area contributed by atoms with Crippen LogP contribution < -0.4 is 15.4 Å². The topological polar surface area (TPSA) is 106 Å². The number of carbonyl (C=O) groups excluding carboxylic acids is 2. The van der Waals surface area contributed by atoms with Crippen LogP contribution in [0.4, 0.5) is 9.59 Å². The first-order chi connectivity index (χ1) is 15.3. The molecule has 0 fully saturated rings. The summed E-state index contributed by atoms with van der Waals surface area (Å²) in [4.78, 5) is 24.0. The van der Waals surface area contributed by atoms with Crippen molar-refractivity contribution in [1.82, 2.24) is 10.6 Å². The van der Waals surface area contributed by atoms with Gasteiger partial charge in [-0.2, -0.15) is 23.1 Å². The van der Waals surface area contributed by atoms with E-state index in [4.69, 9.17) is 14.2 Å². The van der Waals surface area contributed by atoms with Crippen molar-refractivity contribution >= 4 is 40.3 Å². The summed E-state index contributed by atoms with van der Waals surface area (Å²) in [7, 11) is 1.62. The van der Waals surface area contributed by atoms with E-state index >= 15 is 0 Å². The zero-order valence-corrected chi connectivity index (χ0v) is 22.3. The number of carbonyl (C=O) groups is 2. The first-order valence-corrected chi connectivity index (χ1v) is 12.9. The van der Waals surface area contributed by atoms with E-state index in [9.17, 15) is 14.7 Å². The van der Waals surface area contributed by atoms with Gasteiger partial charge in [0, 0.05) is 23.8 Å². The monoisotopic (exact) mass is 502 g/mol. The van der Waals surface area contributed by atoms with Crippen molar-refractivity contribution in [3.05, 3.63) is 29.8 Å². The molecule has 0 bridgehead atoms. The van der Waals surface area contributed by atoms with E-state index in [1.165, 1.54) is 0 Å². The Morgan fingerprint density at radius 1 is 1.03 bits per heavy atom. The minimum Gasteiger partial charge on any atom is -0.497 e. The number of hydrogen-bond donors (Lipinski definition) is 4. The second-order valence-electron chi connectivity index (χ2n) is 9.23. The fraction of sp³-hybridized carbons (Fsp3) is 0.609. The van der Waals surface area contributed by atoms with Gasteiger partial charge in [-0.25, -0.2) is 9.59 Å². The highest BCUT2D eigenvalue weighted by Crippen LogP contribution is 2.18. The van der Waals surface area contributed by atoms with Crippen molar-refractivity contribution in [2.24, 2.45) is 0 Å². The standard InChI is InChI=1S/C23H38N2O6S2/c1-22(2,3)30-20(27)24-12-13-33-19(26)18(25-21(28)31-23(4,5)6)15-32-14-16-8-10-17(29-7)11-9-16/h8-11,18,26,33H,12-15H2,1-7H3,(H,24,27)(H,25,28)/t18-/m0/s1. The highest BCUT2D eigenvalue weighted by Gasteiger charge is 2.22. The highest BCUT2D eigenvalue weighted by molar-refractivity contribution is 7.99. The molecule has 1 aromatic rings. The van der Waals surface area contributed by atoms with E-state index in [-0.39, 0.29) is 5.05 Å². The van der Waals surface area contributed by atoms with Crippen LogP contribution in [0.25, 0.3) is 0 Å². The van der Waals surface area contributed by atoms with Crippen LogP contribution >= 0.6 is 23.1 Å². The quantitative estimate of drug-likeness (QED) is 0.212. The molecule has 1 atom stereocenters. The SMILES string of the molecule is COc1ccc(CSC[C@H](NC(=O)OC(C)(C)C)C(O)=[SH]CCNC(=O)OC(C)(C)C)cc1. The minimum absolute atomic E-state index is 0.106. The molecule has 1 aromatic carbocycles. The molecule has 0 aromatic heterocycles. The minimum atomic E-state index is -0.643. The molecule has 0 aliphatic rings. The molecule has 3 N–H and O–H groups in total. The van der Waals surface area contributed by atoms with Crippen LogP contribution in [-0.2, 0) is 15.2 Å². The third kappa shape index (κ3) is 14.1. The van der Waals surface area contributed by atoms with Gasteiger partial charge in [-0.15, -0.1) is 0 Å². The fourth-order valence-corrected chi connectivity index (χ4v) is 4.38. The number of ether oxygens (including phenoxy) is 3. The summed E-state index contributed by atoms with van der Waals surface area (Å²) in [5.74, 6) is 2.43. The van der Waals surface area contributed by atoms with Crippen LogP contribution in [0.15, 0.2) is 24.3 Å². The van der Waals surface area contributed by atoms with Gasteiger partial charge in [0.1, 0.15) is 17.0 Å². The molecule has 1 rings (SSSR count). The van der Waals surface area contributed by atoms with Gasteiger partial charge in [-0.1, -0.05) is 12.1 Å². The van der Waals surface area contributed by atoms with Crippen LogP contribution in [0.3, 0.4) is 0 Å². The Balaban J connectivity index is 2.67. The maximum Gasteiger partial charge on any atom is 0.408 e. The second-order valence-corrected chi connectivity index (χ2v) is 11.5. The Labute approximate surface area is 205 Å². The van der Waals surface area contributed by atoms with Crippen molar-refractivity contribution in [2.75, 3.05) is 25.2 Å². The van der Waals surface area contributed by atoms with Gasteiger partial charge >= 0.3 is 12.2 Å². The molecular formula is C23H38N2O6S2. The van der Waals surface area contributed by atoms with Crippen molar-refractivity contribution in [2.45, 2.75) is 64.5 Å². The Hall–Kier alpha value is -1.91. The molecule has 0 saturated carbocycles. The van der Waals surface area contributed by atoms with Crippen molar-refractivity contribution < 1.29 is 28.9 Å². The van der Waals surface area contributed by atoms with E-state index in [1.807, 2.05) is 24.3 Å². The summed E-state index contributed by atoms with van der Waals surface area (Å²) < 4.78 is 15.7. The van der Waals surface area contributed by atoms with Gasteiger partial charge in [0.2, 0.25) is 0 Å². The third-order valence-electron chi connectivity index (χ3n) is 3.77. The molecule has 0 radical (unpaired) electrons. The smallest absolute Gasteiger partial charge is 0.408 e. The molecule has 0 heterocycles. The maximum absolute atomic E-state index is 12.3. The molecular weight excluding hydrogens is 464 g/mol. The molecule has 0 aliphatic heterocycles. The van der Waals surface area contributed by atoms with Crippen LogP contribution in [0.2, 0.25) is 0 Å². The summed E-state index contributed by atoms with van der Waals surface area (Å²) in [6.07, 6.45) is -1.10. The zero-order chi connectivity index (χ0) is 25.1. The lowest BCUT2D eigenvalue weighted by molar-refractivity contribution is 0.0513. The van der Waals surface area contributed by atoms with Crippen LogP contribution in [-0.4, -0.2) is 64.7 Å². The van der Waals surface area contributed by atoms with Gasteiger partial charge in [0.05, 0.1) is 18.2 Å². The van der Waals surface area contributed by atoms with Crippen LogP contribution in [0.5, 0.6) is 5.75 Å². The van der Waals surface area contributed by atoms with Crippen LogP contribution in [0, 0.1) is 0 Å². The summed E-state index contributed by atoms with van der Waals surface area (Å²) in [6.45, 7) is 11.1. The number of nitrogens with one attached hydrogen (secondary N) is 2. The third-order valence-corrected chi connectivity index (χ3v) is 5.96. The largest absolute Gasteiger partial charge is 0.497 e. The first kappa shape index (κ1) is 29.1. The molecule has 0 saturated heterocycles. The number of thiol groups is 1. The molecule has 33 heavy (non-hydrogen) atoms. The number of hydrogen-bond acceptors (Lipinski definition) is 6. The molecule has 8 nitrogen and oxygen atoms in total. The van der Waals surface area contributed by atoms with E-state index in [2.05, 4.69) is 10.6 Å². The van der Waals surface area contributed by atoms with Crippen molar-refractivity contribution in [3.8, 4) is 5.75 Å². The van der Waals surface area contributed by atoms with E-state index in [0.717, 1.165) is 11.3 Å². The van der Waals surface area contributed by atoms with Crippen LogP contribution in [0.1, 0.15) is 47.1 Å². The molecule has 2 amide bonds. The summed E-state index contributed by atoms with van der Waals surface area (Å²) in [5, 5.41) is 16.1. The average Bonchev–Trinajstić information content (AvgIpc) is 2.68. The number of amides is 2. The number of methoxy groups -OCH3 is 1. The van der Waals surface area contributed by atoms with Gasteiger partial charge in [-0.05, 0) is 59.2 Å². The average molecular weight is 503 g/mol. The number of alkyl carbamates (subject to hydrolysis) is 2.